The van der Waals surface area contributed by atoms with Gasteiger partial charge in [0.25, 0.3) is 0 Å². The summed E-state index contributed by atoms with van der Waals surface area (Å²) in [6.45, 7) is 4.18. The summed E-state index contributed by atoms with van der Waals surface area (Å²) in [5.74, 6) is 0.526. The molecule has 1 heterocycles. The molecular formula is C12H16F3N. The van der Waals surface area contributed by atoms with Gasteiger partial charge >= 0.3 is 6.18 Å². The van der Waals surface area contributed by atoms with Crippen molar-refractivity contribution in [2.24, 2.45) is 5.92 Å². The van der Waals surface area contributed by atoms with Crippen molar-refractivity contribution in [2.45, 2.75) is 39.3 Å². The van der Waals surface area contributed by atoms with E-state index in [4.69, 9.17) is 0 Å². The average Bonchev–Trinajstić information content (AvgIpc) is 2.25. The maximum Gasteiger partial charge on any atom is 0.433 e. The van der Waals surface area contributed by atoms with Crippen LogP contribution in [-0.2, 0) is 12.6 Å². The van der Waals surface area contributed by atoms with Crippen molar-refractivity contribution < 1.29 is 13.2 Å². The topological polar surface area (TPSA) is 12.9 Å². The molecule has 0 spiro atoms. The van der Waals surface area contributed by atoms with E-state index in [0.29, 0.717) is 5.92 Å². The summed E-state index contributed by atoms with van der Waals surface area (Å²) in [7, 11) is 0. The van der Waals surface area contributed by atoms with Gasteiger partial charge in [-0.25, -0.2) is 0 Å². The Morgan fingerprint density at radius 2 is 1.81 bits per heavy atom. The molecule has 0 N–H and O–H groups in total. The Bertz CT molecular complexity index is 312. The summed E-state index contributed by atoms with van der Waals surface area (Å²) >= 11 is 0. The van der Waals surface area contributed by atoms with Crippen molar-refractivity contribution in [3.8, 4) is 0 Å². The zero-order chi connectivity index (χ0) is 12.2. The predicted octanol–water partition coefficient (Wildman–Crippen LogP) is 4.08. The fourth-order valence-electron chi connectivity index (χ4n) is 1.62. The number of halogens is 3. The van der Waals surface area contributed by atoms with Crippen molar-refractivity contribution in [3.63, 3.8) is 0 Å². The molecule has 0 bridgehead atoms. The van der Waals surface area contributed by atoms with Crippen LogP contribution in [0.15, 0.2) is 18.3 Å². The van der Waals surface area contributed by atoms with Gasteiger partial charge in [-0.3, -0.25) is 4.98 Å². The van der Waals surface area contributed by atoms with Crippen LogP contribution >= 0.6 is 0 Å². The van der Waals surface area contributed by atoms with E-state index in [-0.39, 0.29) is 0 Å². The Balaban J connectivity index is 2.72. The number of hydrogen-bond acceptors (Lipinski definition) is 1. The number of aromatic nitrogens is 1. The lowest BCUT2D eigenvalue weighted by molar-refractivity contribution is -0.141. The molecule has 0 aliphatic rings. The van der Waals surface area contributed by atoms with Gasteiger partial charge in [-0.05, 0) is 24.0 Å². The van der Waals surface area contributed by atoms with Crippen LogP contribution < -0.4 is 0 Å². The van der Waals surface area contributed by atoms with Crippen molar-refractivity contribution in [3.05, 3.63) is 29.6 Å². The second kappa shape index (κ2) is 5.32. The highest BCUT2D eigenvalue weighted by Gasteiger charge is 2.31. The standard InChI is InChI=1S/C12H16F3N/c1-3-9(4-2)7-10-5-6-11(16-8-10)12(13,14)15/h5-6,8-9H,3-4,7H2,1-2H3. The Morgan fingerprint density at radius 1 is 1.19 bits per heavy atom. The second-order valence-corrected chi connectivity index (χ2v) is 3.94. The lowest BCUT2D eigenvalue weighted by atomic mass is 9.95. The third kappa shape index (κ3) is 3.51. The minimum Gasteiger partial charge on any atom is -0.252 e. The zero-order valence-corrected chi connectivity index (χ0v) is 9.51. The van der Waals surface area contributed by atoms with Gasteiger partial charge in [-0.15, -0.1) is 0 Å². The fourth-order valence-corrected chi connectivity index (χ4v) is 1.62. The minimum absolute atomic E-state index is 0.526. The molecule has 0 atom stereocenters. The first-order valence-corrected chi connectivity index (χ1v) is 5.49. The SMILES string of the molecule is CCC(CC)Cc1ccc(C(F)(F)F)nc1. The van der Waals surface area contributed by atoms with Gasteiger partial charge in [0.15, 0.2) is 0 Å². The summed E-state index contributed by atoms with van der Waals surface area (Å²) in [6.07, 6.45) is -0.123. The van der Waals surface area contributed by atoms with Gasteiger partial charge in [0, 0.05) is 6.20 Å². The van der Waals surface area contributed by atoms with E-state index in [1.54, 1.807) is 0 Å². The molecule has 1 rings (SSSR count). The summed E-state index contributed by atoms with van der Waals surface area (Å²) in [5.41, 5.74) is 0.0579. The van der Waals surface area contributed by atoms with Crippen molar-refractivity contribution in [2.75, 3.05) is 0 Å². The molecule has 0 aromatic carbocycles. The van der Waals surface area contributed by atoms with Gasteiger partial charge in [-0.1, -0.05) is 32.8 Å². The van der Waals surface area contributed by atoms with Crippen LogP contribution in [0.5, 0.6) is 0 Å². The lowest BCUT2D eigenvalue weighted by Crippen LogP contribution is -2.08. The molecule has 0 radical (unpaired) electrons. The van der Waals surface area contributed by atoms with Crippen molar-refractivity contribution >= 4 is 0 Å². The van der Waals surface area contributed by atoms with Crippen LogP contribution in [0.2, 0.25) is 0 Å². The Hall–Kier alpha value is -1.06. The van der Waals surface area contributed by atoms with E-state index in [9.17, 15) is 13.2 Å². The summed E-state index contributed by atoms with van der Waals surface area (Å²) in [6, 6.07) is 2.58. The van der Waals surface area contributed by atoms with Gasteiger partial charge in [-0.2, -0.15) is 13.2 Å². The van der Waals surface area contributed by atoms with E-state index in [0.717, 1.165) is 30.9 Å². The molecule has 0 saturated heterocycles. The summed E-state index contributed by atoms with van der Waals surface area (Å²) < 4.78 is 36.8. The third-order valence-corrected chi connectivity index (χ3v) is 2.79. The fraction of sp³-hybridized carbons (Fsp3) is 0.583. The van der Waals surface area contributed by atoms with Gasteiger partial charge in [0.05, 0.1) is 0 Å². The monoisotopic (exact) mass is 231 g/mol. The van der Waals surface area contributed by atoms with E-state index < -0.39 is 11.9 Å². The number of hydrogen-bond donors (Lipinski definition) is 0. The Kier molecular flexibility index (Phi) is 4.33. The quantitative estimate of drug-likeness (QED) is 0.760. The molecule has 0 aliphatic carbocycles. The highest BCUT2D eigenvalue weighted by molar-refractivity contribution is 5.16. The highest BCUT2D eigenvalue weighted by atomic mass is 19.4. The van der Waals surface area contributed by atoms with Gasteiger partial charge < -0.3 is 0 Å². The van der Waals surface area contributed by atoms with E-state index in [2.05, 4.69) is 18.8 Å². The first kappa shape index (κ1) is 13.0. The summed E-state index contributed by atoms with van der Waals surface area (Å²) in [4.78, 5) is 3.45. The molecule has 16 heavy (non-hydrogen) atoms. The van der Waals surface area contributed by atoms with E-state index >= 15 is 0 Å². The van der Waals surface area contributed by atoms with Gasteiger partial charge in [0.1, 0.15) is 5.69 Å². The van der Waals surface area contributed by atoms with Crippen LogP contribution in [0.25, 0.3) is 0 Å². The lowest BCUT2D eigenvalue weighted by Gasteiger charge is -2.12. The number of rotatable bonds is 4. The average molecular weight is 231 g/mol. The van der Waals surface area contributed by atoms with Crippen LogP contribution in [0.1, 0.15) is 37.9 Å². The molecule has 4 heteroatoms. The molecule has 0 amide bonds. The van der Waals surface area contributed by atoms with Crippen LogP contribution in [0, 0.1) is 5.92 Å². The second-order valence-electron chi connectivity index (χ2n) is 3.94. The predicted molar refractivity (Wildman–Crippen MR) is 57.0 cm³/mol. The summed E-state index contributed by atoms with van der Waals surface area (Å²) in [5, 5.41) is 0. The van der Waals surface area contributed by atoms with E-state index in [1.165, 1.54) is 12.3 Å². The minimum atomic E-state index is -4.34. The van der Waals surface area contributed by atoms with Crippen LogP contribution in [0.3, 0.4) is 0 Å². The third-order valence-electron chi connectivity index (χ3n) is 2.79. The zero-order valence-electron chi connectivity index (χ0n) is 9.51. The first-order chi connectivity index (χ1) is 7.47. The Morgan fingerprint density at radius 3 is 2.19 bits per heavy atom. The molecule has 0 aliphatic heterocycles. The van der Waals surface area contributed by atoms with Crippen LogP contribution in [0.4, 0.5) is 13.2 Å². The Labute approximate surface area is 93.7 Å². The van der Waals surface area contributed by atoms with Crippen molar-refractivity contribution in [1.82, 2.24) is 4.98 Å². The molecule has 0 unspecified atom stereocenters. The number of nitrogens with zero attached hydrogens (tertiary/aromatic N) is 1. The molecule has 90 valence electrons. The largest absolute Gasteiger partial charge is 0.433 e. The number of pyridine rings is 1. The highest BCUT2D eigenvalue weighted by Crippen LogP contribution is 2.27. The molecule has 1 aromatic heterocycles. The molecular weight excluding hydrogens is 215 g/mol. The maximum atomic E-state index is 12.3. The molecule has 0 fully saturated rings. The molecule has 1 aromatic rings. The maximum absolute atomic E-state index is 12.3. The molecule has 1 nitrogen and oxygen atoms in total. The normalized spacial score (nSPS) is 12.1. The number of alkyl halides is 3. The van der Waals surface area contributed by atoms with Crippen molar-refractivity contribution in [1.29, 1.82) is 0 Å². The smallest absolute Gasteiger partial charge is 0.252 e. The molecule has 0 saturated carbocycles. The van der Waals surface area contributed by atoms with E-state index in [1.807, 2.05) is 0 Å². The van der Waals surface area contributed by atoms with Crippen LogP contribution in [-0.4, -0.2) is 4.98 Å². The first-order valence-electron chi connectivity index (χ1n) is 5.49. The van der Waals surface area contributed by atoms with Gasteiger partial charge in [0.2, 0.25) is 0 Å².